The third-order valence-corrected chi connectivity index (χ3v) is 10.2. The molecular weight excluding hydrogens is 607 g/mol. The van der Waals surface area contributed by atoms with Crippen LogP contribution in [0.3, 0.4) is 0 Å². The van der Waals surface area contributed by atoms with E-state index in [1.54, 1.807) is 0 Å². The standard InChI is InChI=1S/C43H25N3OS/c1-3-12-26(13-4-1)41-44-42(27-14-5-2-6-15-27)46-43(45-41)34-23-30(31-19-11-21-38-40(31)32-18-9-10-20-37(32)48-38)25-36-39(34)33-22-28-16-7-8-17-29(28)24-35(33)47-36/h1-25H. The summed E-state index contributed by atoms with van der Waals surface area (Å²) in [6.07, 6.45) is 0. The van der Waals surface area contributed by atoms with Crippen LogP contribution >= 0.6 is 11.3 Å². The second-order valence-corrected chi connectivity index (χ2v) is 13.1. The highest BCUT2D eigenvalue weighted by atomic mass is 32.1. The van der Waals surface area contributed by atoms with Gasteiger partial charge in [0, 0.05) is 47.6 Å². The Labute approximate surface area is 279 Å². The summed E-state index contributed by atoms with van der Waals surface area (Å²) in [7, 11) is 0. The molecule has 48 heavy (non-hydrogen) atoms. The molecule has 0 N–H and O–H groups in total. The maximum Gasteiger partial charge on any atom is 0.164 e. The fourth-order valence-corrected chi connectivity index (χ4v) is 8.00. The number of aromatic nitrogens is 3. The predicted molar refractivity (Wildman–Crippen MR) is 199 cm³/mol. The van der Waals surface area contributed by atoms with Crippen molar-refractivity contribution in [3.05, 3.63) is 152 Å². The number of fused-ring (bicyclic) bond motifs is 7. The zero-order valence-corrected chi connectivity index (χ0v) is 26.4. The summed E-state index contributed by atoms with van der Waals surface area (Å²) in [5, 5.41) is 6.82. The number of nitrogens with zero attached hydrogens (tertiary/aromatic N) is 3. The predicted octanol–water partition coefficient (Wildman–Crippen LogP) is 12.0. The van der Waals surface area contributed by atoms with Crippen LogP contribution in [0.25, 0.3) is 98.2 Å². The summed E-state index contributed by atoms with van der Waals surface area (Å²) in [5.74, 6) is 1.86. The Morgan fingerprint density at radius 3 is 1.77 bits per heavy atom. The van der Waals surface area contributed by atoms with Gasteiger partial charge in [0.05, 0.1) is 0 Å². The first-order chi connectivity index (χ1) is 23.8. The Kier molecular flexibility index (Phi) is 6.01. The third-order valence-electron chi connectivity index (χ3n) is 9.09. The van der Waals surface area contributed by atoms with Crippen molar-refractivity contribution in [1.82, 2.24) is 15.0 Å². The molecule has 4 nitrogen and oxygen atoms in total. The van der Waals surface area contributed by atoms with Gasteiger partial charge in [-0.3, -0.25) is 0 Å². The SMILES string of the molecule is c1ccc(-c2nc(-c3ccccc3)nc(-c3cc(-c4cccc5sc6ccccc6c45)cc4oc5cc6ccccc6cc5c34)n2)cc1. The monoisotopic (exact) mass is 631 g/mol. The van der Waals surface area contributed by atoms with Crippen molar-refractivity contribution >= 4 is 64.2 Å². The van der Waals surface area contributed by atoms with Crippen LogP contribution in [0.1, 0.15) is 0 Å². The van der Waals surface area contributed by atoms with Crippen LogP contribution in [0.15, 0.2) is 156 Å². The number of benzene rings is 7. The average molecular weight is 632 g/mol. The molecule has 3 aromatic heterocycles. The fourth-order valence-electron chi connectivity index (χ4n) is 6.87. The molecule has 7 aromatic carbocycles. The van der Waals surface area contributed by atoms with Crippen LogP contribution in [0.2, 0.25) is 0 Å². The maximum atomic E-state index is 6.73. The molecular formula is C43H25N3OS. The largest absolute Gasteiger partial charge is 0.456 e. The molecule has 5 heteroatoms. The minimum Gasteiger partial charge on any atom is -0.456 e. The minimum absolute atomic E-state index is 0.604. The van der Waals surface area contributed by atoms with Gasteiger partial charge in [0.1, 0.15) is 11.2 Å². The van der Waals surface area contributed by atoms with E-state index in [1.165, 1.54) is 20.2 Å². The molecule has 0 saturated carbocycles. The van der Waals surface area contributed by atoms with E-state index < -0.39 is 0 Å². The number of thiophene rings is 1. The average Bonchev–Trinajstić information content (AvgIpc) is 3.72. The molecule has 3 heterocycles. The molecule has 10 rings (SSSR count). The zero-order chi connectivity index (χ0) is 31.6. The first-order valence-electron chi connectivity index (χ1n) is 15.9. The Balaban J connectivity index is 1.32. The van der Waals surface area contributed by atoms with Crippen molar-refractivity contribution < 1.29 is 4.42 Å². The van der Waals surface area contributed by atoms with E-state index in [0.29, 0.717) is 17.5 Å². The van der Waals surface area contributed by atoms with Gasteiger partial charge in [0.2, 0.25) is 0 Å². The first-order valence-corrected chi connectivity index (χ1v) is 16.8. The highest BCUT2D eigenvalue weighted by Gasteiger charge is 2.21. The van der Waals surface area contributed by atoms with Crippen LogP contribution in [0.5, 0.6) is 0 Å². The van der Waals surface area contributed by atoms with Gasteiger partial charge in [-0.1, -0.05) is 115 Å². The van der Waals surface area contributed by atoms with Crippen LogP contribution in [-0.2, 0) is 0 Å². The molecule has 0 saturated heterocycles. The van der Waals surface area contributed by atoms with Gasteiger partial charge in [-0.15, -0.1) is 11.3 Å². The van der Waals surface area contributed by atoms with Gasteiger partial charge in [0.25, 0.3) is 0 Å². The minimum atomic E-state index is 0.604. The quantitative estimate of drug-likeness (QED) is 0.194. The molecule has 0 bridgehead atoms. The maximum absolute atomic E-state index is 6.73. The van der Waals surface area contributed by atoms with Gasteiger partial charge in [-0.2, -0.15) is 0 Å². The Morgan fingerprint density at radius 2 is 1.02 bits per heavy atom. The van der Waals surface area contributed by atoms with E-state index in [2.05, 4.69) is 91.0 Å². The topological polar surface area (TPSA) is 51.8 Å². The highest BCUT2D eigenvalue weighted by Crippen LogP contribution is 2.44. The number of rotatable bonds is 4. The fraction of sp³-hybridized carbons (Fsp3) is 0. The van der Waals surface area contributed by atoms with Gasteiger partial charge in [-0.25, -0.2) is 15.0 Å². The lowest BCUT2D eigenvalue weighted by atomic mass is 9.95. The molecule has 0 aliphatic rings. The summed E-state index contributed by atoms with van der Waals surface area (Å²) in [6.45, 7) is 0. The lowest BCUT2D eigenvalue weighted by Gasteiger charge is -2.12. The molecule has 0 aliphatic heterocycles. The molecule has 224 valence electrons. The molecule has 10 aromatic rings. The molecule has 0 amide bonds. The first kappa shape index (κ1) is 27.0. The number of furan rings is 1. The number of hydrogen-bond donors (Lipinski definition) is 0. The van der Waals surface area contributed by atoms with Crippen molar-refractivity contribution in [2.24, 2.45) is 0 Å². The molecule has 0 unspecified atom stereocenters. The van der Waals surface area contributed by atoms with Crippen LogP contribution in [0.4, 0.5) is 0 Å². The van der Waals surface area contributed by atoms with Crippen molar-refractivity contribution in [2.45, 2.75) is 0 Å². The molecule has 0 fully saturated rings. The lowest BCUT2D eigenvalue weighted by Crippen LogP contribution is -2.00. The smallest absolute Gasteiger partial charge is 0.164 e. The summed E-state index contributed by atoms with van der Waals surface area (Å²) in [4.78, 5) is 15.3. The summed E-state index contributed by atoms with van der Waals surface area (Å²) in [5.41, 5.74) is 6.61. The zero-order valence-electron chi connectivity index (χ0n) is 25.6. The van der Waals surface area contributed by atoms with E-state index in [1.807, 2.05) is 72.0 Å². The van der Waals surface area contributed by atoms with Crippen LogP contribution in [-0.4, -0.2) is 15.0 Å². The van der Waals surface area contributed by atoms with Gasteiger partial charge >= 0.3 is 0 Å². The lowest BCUT2D eigenvalue weighted by molar-refractivity contribution is 0.669. The van der Waals surface area contributed by atoms with Crippen molar-refractivity contribution in [2.75, 3.05) is 0 Å². The van der Waals surface area contributed by atoms with Gasteiger partial charge in [-0.05, 0) is 58.3 Å². The van der Waals surface area contributed by atoms with Crippen molar-refractivity contribution in [3.8, 4) is 45.3 Å². The molecule has 0 atom stereocenters. The molecule has 0 radical (unpaired) electrons. The highest BCUT2D eigenvalue weighted by molar-refractivity contribution is 7.25. The third kappa shape index (κ3) is 4.33. The number of hydrogen-bond acceptors (Lipinski definition) is 5. The van der Waals surface area contributed by atoms with Crippen molar-refractivity contribution in [1.29, 1.82) is 0 Å². The van der Waals surface area contributed by atoms with E-state index >= 15 is 0 Å². The normalized spacial score (nSPS) is 11.8. The second-order valence-electron chi connectivity index (χ2n) is 12.0. The Bertz CT molecular complexity index is 2780. The van der Waals surface area contributed by atoms with Crippen LogP contribution < -0.4 is 0 Å². The van der Waals surface area contributed by atoms with E-state index in [9.17, 15) is 0 Å². The molecule has 0 spiro atoms. The van der Waals surface area contributed by atoms with Crippen LogP contribution in [0, 0.1) is 0 Å². The Morgan fingerprint density at radius 1 is 0.396 bits per heavy atom. The second kappa shape index (κ2) is 10.7. The molecule has 0 aliphatic carbocycles. The van der Waals surface area contributed by atoms with Gasteiger partial charge < -0.3 is 4.42 Å². The summed E-state index contributed by atoms with van der Waals surface area (Å²) in [6, 6.07) is 52.6. The Hall–Kier alpha value is -6.17. The van der Waals surface area contributed by atoms with Crippen molar-refractivity contribution in [3.63, 3.8) is 0 Å². The van der Waals surface area contributed by atoms with E-state index in [-0.39, 0.29) is 0 Å². The van der Waals surface area contributed by atoms with Gasteiger partial charge in [0.15, 0.2) is 17.5 Å². The summed E-state index contributed by atoms with van der Waals surface area (Å²) >= 11 is 1.82. The summed E-state index contributed by atoms with van der Waals surface area (Å²) < 4.78 is 9.25. The van der Waals surface area contributed by atoms with E-state index in [4.69, 9.17) is 19.4 Å². The van der Waals surface area contributed by atoms with E-state index in [0.717, 1.165) is 60.5 Å².